The Hall–Kier alpha value is -3.65. The lowest BCUT2D eigenvalue weighted by molar-refractivity contribution is 0.117. The van der Waals surface area contributed by atoms with Crippen LogP contribution in [0.4, 0.5) is 0 Å². The third-order valence-corrected chi connectivity index (χ3v) is 9.22. The van der Waals surface area contributed by atoms with Crippen LogP contribution in [0.25, 0.3) is 22.0 Å². The zero-order chi connectivity index (χ0) is 30.5. The molecule has 0 bridgehead atoms. The summed E-state index contributed by atoms with van der Waals surface area (Å²) in [5, 5.41) is 18.2. The van der Waals surface area contributed by atoms with Crippen molar-refractivity contribution in [3.8, 4) is 11.1 Å². The highest BCUT2D eigenvalue weighted by molar-refractivity contribution is 7.98. The molecule has 1 atom stereocenters. The highest BCUT2D eigenvalue weighted by atomic mass is 35.5. The fourth-order valence-electron chi connectivity index (χ4n) is 5.48. The summed E-state index contributed by atoms with van der Waals surface area (Å²) in [7, 11) is 1.88. The van der Waals surface area contributed by atoms with Gasteiger partial charge >= 0.3 is 0 Å². The minimum atomic E-state index is -1.48. The molecule has 0 fully saturated rings. The van der Waals surface area contributed by atoms with Crippen LogP contribution in [0.3, 0.4) is 0 Å². The molecule has 8 heteroatoms. The van der Waals surface area contributed by atoms with E-state index in [0.717, 1.165) is 45.8 Å². The largest absolute Gasteiger partial charge is 0.374 e. The van der Waals surface area contributed by atoms with Gasteiger partial charge in [0.05, 0.1) is 29.4 Å². The summed E-state index contributed by atoms with van der Waals surface area (Å²) in [4.78, 5) is 9.33. The number of aromatic nitrogens is 3. The number of aryl methyl sites for hydroxylation is 1. The molecule has 6 aromatic rings. The SMILES string of the molecule is Cn1cncc1C(O)(c1ccc(Cl)cc1)c1ccc2nc(CNCCSCc3ccccc3)cc(-c3cccc(Cl)c3)c2c1. The number of imidazole rings is 1. The van der Waals surface area contributed by atoms with Crippen molar-refractivity contribution in [3.63, 3.8) is 0 Å². The van der Waals surface area contributed by atoms with Crippen LogP contribution in [0.1, 0.15) is 28.1 Å². The minimum absolute atomic E-state index is 0.600. The molecule has 44 heavy (non-hydrogen) atoms. The zero-order valence-electron chi connectivity index (χ0n) is 24.3. The Labute approximate surface area is 271 Å². The number of thioether (sulfide) groups is 1. The van der Waals surface area contributed by atoms with Gasteiger partial charge in [-0.15, -0.1) is 0 Å². The van der Waals surface area contributed by atoms with Gasteiger partial charge in [0.15, 0.2) is 5.60 Å². The number of hydrogen-bond acceptors (Lipinski definition) is 5. The normalized spacial score (nSPS) is 12.8. The van der Waals surface area contributed by atoms with E-state index < -0.39 is 5.60 Å². The summed E-state index contributed by atoms with van der Waals surface area (Å²) in [5.74, 6) is 2.00. The van der Waals surface area contributed by atoms with Gasteiger partial charge in [-0.05, 0) is 70.3 Å². The first kappa shape index (κ1) is 30.4. The first-order chi connectivity index (χ1) is 21.4. The van der Waals surface area contributed by atoms with Crippen molar-refractivity contribution in [3.05, 3.63) is 154 Å². The van der Waals surface area contributed by atoms with Gasteiger partial charge in [0, 0.05) is 47.1 Å². The van der Waals surface area contributed by atoms with Gasteiger partial charge < -0.3 is 15.0 Å². The van der Waals surface area contributed by atoms with Gasteiger partial charge in [-0.25, -0.2) is 4.98 Å². The Morgan fingerprint density at radius 2 is 1.66 bits per heavy atom. The molecule has 0 aliphatic heterocycles. The molecule has 0 saturated heterocycles. The average molecular weight is 640 g/mol. The average Bonchev–Trinajstić information content (AvgIpc) is 3.48. The number of halogens is 2. The summed E-state index contributed by atoms with van der Waals surface area (Å²) in [5.41, 5.74) is 5.64. The maximum atomic E-state index is 12.5. The molecule has 1 unspecified atom stereocenters. The Morgan fingerprint density at radius 3 is 2.41 bits per heavy atom. The van der Waals surface area contributed by atoms with Crippen LogP contribution in [0.5, 0.6) is 0 Å². The molecule has 6 rings (SSSR count). The zero-order valence-corrected chi connectivity index (χ0v) is 26.6. The first-order valence-electron chi connectivity index (χ1n) is 14.4. The number of benzene rings is 4. The van der Waals surface area contributed by atoms with Crippen LogP contribution >= 0.6 is 35.0 Å². The topological polar surface area (TPSA) is 63.0 Å². The van der Waals surface area contributed by atoms with Crippen LogP contribution in [-0.4, -0.2) is 31.9 Å². The van der Waals surface area contributed by atoms with E-state index in [4.69, 9.17) is 28.2 Å². The fraction of sp³-hybridized carbons (Fsp3) is 0.167. The fourth-order valence-corrected chi connectivity index (χ4v) is 6.65. The smallest absolute Gasteiger partial charge is 0.156 e. The molecule has 0 radical (unpaired) electrons. The molecule has 0 amide bonds. The predicted molar refractivity (Wildman–Crippen MR) is 183 cm³/mol. The Morgan fingerprint density at radius 1 is 0.864 bits per heavy atom. The van der Waals surface area contributed by atoms with Crippen LogP contribution in [0, 0.1) is 0 Å². The van der Waals surface area contributed by atoms with Crippen molar-refractivity contribution < 1.29 is 5.11 Å². The van der Waals surface area contributed by atoms with Crippen LogP contribution in [0.2, 0.25) is 10.0 Å². The van der Waals surface area contributed by atoms with Crippen molar-refractivity contribution in [1.29, 1.82) is 0 Å². The Bertz CT molecular complexity index is 1880. The second kappa shape index (κ2) is 13.6. The third kappa shape index (κ3) is 6.55. The van der Waals surface area contributed by atoms with E-state index in [9.17, 15) is 5.11 Å². The predicted octanol–water partition coefficient (Wildman–Crippen LogP) is 8.25. The number of aliphatic hydroxyl groups is 1. The number of nitrogens with zero attached hydrogens (tertiary/aromatic N) is 3. The number of rotatable bonds is 11. The number of nitrogens with one attached hydrogen (secondary N) is 1. The van der Waals surface area contributed by atoms with Crippen LogP contribution in [0.15, 0.2) is 116 Å². The summed E-state index contributed by atoms with van der Waals surface area (Å²) < 4.78 is 1.84. The maximum Gasteiger partial charge on any atom is 0.156 e. The third-order valence-electron chi connectivity index (χ3n) is 7.71. The van der Waals surface area contributed by atoms with E-state index in [2.05, 4.69) is 46.7 Å². The van der Waals surface area contributed by atoms with Crippen LogP contribution in [-0.2, 0) is 24.9 Å². The minimum Gasteiger partial charge on any atom is -0.374 e. The van der Waals surface area contributed by atoms with E-state index in [0.29, 0.717) is 33.4 Å². The highest BCUT2D eigenvalue weighted by Gasteiger charge is 2.37. The van der Waals surface area contributed by atoms with E-state index in [-0.39, 0.29) is 0 Å². The molecule has 0 saturated carbocycles. The monoisotopic (exact) mass is 638 g/mol. The molecule has 0 aliphatic carbocycles. The molecule has 2 aromatic heterocycles. The maximum absolute atomic E-state index is 12.5. The second-order valence-corrected chi connectivity index (χ2v) is 12.7. The van der Waals surface area contributed by atoms with Crippen molar-refractivity contribution in [1.82, 2.24) is 19.9 Å². The van der Waals surface area contributed by atoms with Crippen molar-refractivity contribution >= 4 is 45.9 Å². The molecule has 0 spiro atoms. The second-order valence-electron chi connectivity index (χ2n) is 10.7. The first-order valence-corrected chi connectivity index (χ1v) is 16.3. The molecule has 4 aromatic carbocycles. The molecule has 222 valence electrons. The van der Waals surface area contributed by atoms with E-state index >= 15 is 0 Å². The Kier molecular flexibility index (Phi) is 9.36. The number of fused-ring (bicyclic) bond motifs is 1. The van der Waals surface area contributed by atoms with Gasteiger partial charge in [0.25, 0.3) is 0 Å². The molecule has 2 N–H and O–H groups in total. The highest BCUT2D eigenvalue weighted by Crippen LogP contribution is 2.40. The van der Waals surface area contributed by atoms with Gasteiger partial charge in [-0.1, -0.05) is 83.9 Å². The molecule has 2 heterocycles. The molecular formula is C36H32Cl2N4OS. The van der Waals surface area contributed by atoms with Crippen LogP contribution < -0.4 is 5.32 Å². The van der Waals surface area contributed by atoms with Crippen molar-refractivity contribution in [2.75, 3.05) is 12.3 Å². The van der Waals surface area contributed by atoms with E-state index in [1.807, 2.05) is 78.0 Å². The standard InChI is InChI=1S/C36H32Cl2N4OS/c1-42-24-40-22-35(42)36(43,27-10-13-29(37)14-11-27)28-12-15-34-33(19-28)32(26-8-5-9-30(38)18-26)20-31(41-34)21-39-16-17-44-23-25-6-3-2-4-7-25/h2-15,18-20,22,24,39,43H,16-17,21,23H2,1H3. The summed E-state index contributed by atoms with van der Waals surface area (Å²) >= 11 is 14.6. The summed E-state index contributed by atoms with van der Waals surface area (Å²) in [6.07, 6.45) is 3.39. The van der Waals surface area contributed by atoms with Gasteiger partial charge in [0.1, 0.15) is 0 Å². The van der Waals surface area contributed by atoms with Gasteiger partial charge in [-0.3, -0.25) is 4.98 Å². The van der Waals surface area contributed by atoms with Gasteiger partial charge in [0.2, 0.25) is 0 Å². The van der Waals surface area contributed by atoms with Gasteiger partial charge in [-0.2, -0.15) is 11.8 Å². The molecular weight excluding hydrogens is 607 g/mol. The lowest BCUT2D eigenvalue weighted by Gasteiger charge is -2.30. The van der Waals surface area contributed by atoms with E-state index in [1.54, 1.807) is 24.7 Å². The molecule has 0 aliphatic rings. The Balaban J connectivity index is 1.34. The van der Waals surface area contributed by atoms with Crippen molar-refractivity contribution in [2.45, 2.75) is 17.9 Å². The lowest BCUT2D eigenvalue weighted by Crippen LogP contribution is -2.31. The summed E-state index contributed by atoms with van der Waals surface area (Å²) in [6.45, 7) is 1.52. The quantitative estimate of drug-likeness (QED) is 0.140. The molecule has 5 nitrogen and oxygen atoms in total. The summed E-state index contributed by atoms with van der Waals surface area (Å²) in [6, 6.07) is 33.7. The number of hydrogen-bond donors (Lipinski definition) is 2. The van der Waals surface area contributed by atoms with E-state index in [1.165, 1.54) is 5.56 Å². The van der Waals surface area contributed by atoms with Crippen molar-refractivity contribution in [2.24, 2.45) is 7.05 Å². The lowest BCUT2D eigenvalue weighted by atomic mass is 9.82. The number of pyridine rings is 1.